The topological polar surface area (TPSA) is 97.9 Å². The van der Waals surface area contributed by atoms with Crippen LogP contribution < -0.4 is 0 Å². The van der Waals surface area contributed by atoms with Gasteiger partial charge in [-0.3, -0.25) is 0 Å². The Kier molecular flexibility index (Phi) is 3.11. The summed E-state index contributed by atoms with van der Waals surface area (Å²) in [4.78, 5) is 24.7. The van der Waals surface area contributed by atoms with Crippen molar-refractivity contribution in [3.05, 3.63) is 23.8 Å². The van der Waals surface area contributed by atoms with Crippen LogP contribution in [0.1, 0.15) is 34.1 Å². The predicted molar refractivity (Wildman–Crippen MR) is 91.4 cm³/mol. The van der Waals surface area contributed by atoms with Gasteiger partial charge in [-0.05, 0) is 34.1 Å². The highest BCUT2D eigenvalue weighted by Gasteiger charge is 2.93. The summed E-state index contributed by atoms with van der Waals surface area (Å²) in [5.74, 6) is -1.63. The minimum absolute atomic E-state index is 0.145. The van der Waals surface area contributed by atoms with Gasteiger partial charge in [0, 0.05) is 17.1 Å². The Bertz CT molecular complexity index is 813. The monoisotopic (exact) mass is 376 g/mol. The van der Waals surface area contributed by atoms with Crippen LogP contribution in [-0.2, 0) is 28.5 Å². The van der Waals surface area contributed by atoms with Crippen LogP contribution >= 0.6 is 0 Å². The lowest BCUT2D eigenvalue weighted by atomic mass is 9.73. The van der Waals surface area contributed by atoms with Crippen LogP contribution in [0.25, 0.3) is 0 Å². The maximum Gasteiger partial charge on any atom is 0.334 e. The van der Waals surface area contributed by atoms with Crippen molar-refractivity contribution < 1.29 is 33.6 Å². The Morgan fingerprint density at radius 3 is 2.70 bits per heavy atom. The molecule has 2 aliphatic carbocycles. The summed E-state index contributed by atoms with van der Waals surface area (Å²) < 4.78 is 23.3. The standard InChI is InChI=1S/C20H24O7/c1-6-8(2)16(21)24-11-7-10-9(3)17(22)25-12(10)13-18(4)14(26-18)15-20(13,27-15)19(11,5)23/h6,10-15,23H,3,7H2,1-2,4-5H3. The lowest BCUT2D eigenvalue weighted by molar-refractivity contribution is -0.175. The number of carbonyl (C=O) groups excluding carboxylic acids is 2. The van der Waals surface area contributed by atoms with Gasteiger partial charge in [0.2, 0.25) is 0 Å². The first kappa shape index (κ1) is 17.4. The van der Waals surface area contributed by atoms with Crippen LogP contribution in [-0.4, -0.2) is 58.3 Å². The second-order valence-corrected chi connectivity index (χ2v) is 8.78. The lowest BCUT2D eigenvalue weighted by Gasteiger charge is -2.39. The maximum absolute atomic E-state index is 12.4. The van der Waals surface area contributed by atoms with E-state index in [9.17, 15) is 14.7 Å². The van der Waals surface area contributed by atoms with Crippen molar-refractivity contribution in [1.82, 2.24) is 0 Å². The van der Waals surface area contributed by atoms with E-state index in [0.717, 1.165) is 0 Å². The van der Waals surface area contributed by atoms with E-state index >= 15 is 0 Å². The van der Waals surface area contributed by atoms with Crippen LogP contribution in [0.5, 0.6) is 0 Å². The van der Waals surface area contributed by atoms with Gasteiger partial charge >= 0.3 is 11.9 Å². The van der Waals surface area contributed by atoms with Gasteiger partial charge in [-0.25, -0.2) is 9.59 Å². The lowest BCUT2D eigenvalue weighted by Crippen LogP contribution is -2.59. The van der Waals surface area contributed by atoms with E-state index in [4.69, 9.17) is 18.9 Å². The third kappa shape index (κ3) is 1.83. The molecule has 1 N–H and O–H groups in total. The molecule has 0 bridgehead atoms. The Labute approximate surface area is 157 Å². The van der Waals surface area contributed by atoms with Crippen LogP contribution in [0.15, 0.2) is 23.8 Å². The van der Waals surface area contributed by atoms with Crippen molar-refractivity contribution >= 4 is 11.9 Å². The normalized spacial score (nSPS) is 54.9. The molecule has 0 amide bonds. The minimum atomic E-state index is -1.44. The molecule has 0 aromatic heterocycles. The number of allylic oxidation sites excluding steroid dienone is 1. The van der Waals surface area contributed by atoms with Crippen molar-refractivity contribution in [2.45, 2.75) is 75.3 Å². The first-order valence-electron chi connectivity index (χ1n) is 9.41. The van der Waals surface area contributed by atoms with Crippen molar-refractivity contribution in [1.29, 1.82) is 0 Å². The van der Waals surface area contributed by atoms with Gasteiger partial charge in [0.15, 0.2) is 0 Å². The van der Waals surface area contributed by atoms with Crippen molar-refractivity contribution in [2.24, 2.45) is 11.8 Å². The van der Waals surface area contributed by atoms with E-state index in [1.54, 1.807) is 26.8 Å². The molecular weight excluding hydrogens is 352 g/mol. The van der Waals surface area contributed by atoms with E-state index in [2.05, 4.69) is 6.58 Å². The molecule has 9 unspecified atom stereocenters. The number of ether oxygens (including phenoxy) is 4. The number of aliphatic hydroxyl groups is 1. The zero-order valence-corrected chi connectivity index (χ0v) is 15.9. The van der Waals surface area contributed by atoms with Crippen LogP contribution in [0.2, 0.25) is 0 Å². The fourth-order valence-corrected chi connectivity index (χ4v) is 5.71. The SMILES string of the molecule is C=C1C(=O)OC2C1CC(OC(=O)C(C)=CC)C(C)(O)C13OC1C1OC1(C)C23. The summed E-state index contributed by atoms with van der Waals surface area (Å²) in [5.41, 5.74) is -2.11. The zero-order chi connectivity index (χ0) is 19.5. The van der Waals surface area contributed by atoms with Crippen molar-refractivity contribution in [3.8, 4) is 0 Å². The highest BCUT2D eigenvalue weighted by molar-refractivity contribution is 5.91. The average molecular weight is 376 g/mol. The Morgan fingerprint density at radius 2 is 2.04 bits per heavy atom. The average Bonchev–Trinajstić information content (AvgIpc) is 3.47. The van der Waals surface area contributed by atoms with Gasteiger partial charge in [-0.2, -0.15) is 0 Å². The van der Waals surface area contributed by atoms with Crippen LogP contribution in [0.4, 0.5) is 0 Å². The molecule has 5 fully saturated rings. The zero-order valence-electron chi connectivity index (χ0n) is 15.9. The second-order valence-electron chi connectivity index (χ2n) is 8.78. The van der Waals surface area contributed by atoms with Gasteiger partial charge in [0.1, 0.15) is 41.2 Å². The summed E-state index contributed by atoms with van der Waals surface area (Å²) in [6.07, 6.45) is 0.113. The van der Waals surface area contributed by atoms with E-state index in [-0.39, 0.29) is 30.5 Å². The molecule has 1 spiro atoms. The smallest absolute Gasteiger partial charge is 0.334 e. The third-order valence-corrected chi connectivity index (χ3v) is 7.50. The fraction of sp³-hybridized carbons (Fsp3) is 0.700. The molecule has 7 heteroatoms. The number of epoxide rings is 2. The Morgan fingerprint density at radius 1 is 1.33 bits per heavy atom. The molecule has 3 saturated heterocycles. The molecule has 3 aliphatic heterocycles. The predicted octanol–water partition coefficient (Wildman–Crippen LogP) is 1.04. The summed E-state index contributed by atoms with van der Waals surface area (Å²) in [6, 6.07) is 0. The molecule has 0 radical (unpaired) electrons. The van der Waals surface area contributed by atoms with Gasteiger partial charge in [-0.15, -0.1) is 0 Å². The van der Waals surface area contributed by atoms with E-state index in [1.807, 2.05) is 6.92 Å². The molecular formula is C20H24O7. The molecule has 2 saturated carbocycles. The number of rotatable bonds is 2. The summed E-state index contributed by atoms with van der Waals surface area (Å²) in [7, 11) is 0. The van der Waals surface area contributed by atoms with Gasteiger partial charge in [-0.1, -0.05) is 12.7 Å². The summed E-state index contributed by atoms with van der Waals surface area (Å²) in [5, 5.41) is 11.6. The molecule has 0 aromatic carbocycles. The fourth-order valence-electron chi connectivity index (χ4n) is 5.71. The van der Waals surface area contributed by atoms with Crippen molar-refractivity contribution in [3.63, 3.8) is 0 Å². The number of esters is 2. The Hall–Kier alpha value is -1.70. The van der Waals surface area contributed by atoms with Gasteiger partial charge < -0.3 is 24.1 Å². The van der Waals surface area contributed by atoms with E-state index in [0.29, 0.717) is 11.1 Å². The number of hydrogen-bond acceptors (Lipinski definition) is 7. The van der Waals surface area contributed by atoms with Gasteiger partial charge in [0.25, 0.3) is 0 Å². The molecule has 0 aromatic rings. The highest BCUT2D eigenvalue weighted by Crippen LogP contribution is 2.75. The highest BCUT2D eigenvalue weighted by atomic mass is 16.7. The summed E-state index contributed by atoms with van der Waals surface area (Å²) >= 11 is 0. The van der Waals surface area contributed by atoms with E-state index < -0.39 is 40.9 Å². The molecule has 3 heterocycles. The number of carbonyl (C=O) groups is 2. The Balaban J connectivity index is 1.59. The van der Waals surface area contributed by atoms with Crippen molar-refractivity contribution in [2.75, 3.05) is 0 Å². The molecule has 146 valence electrons. The molecule has 27 heavy (non-hydrogen) atoms. The third-order valence-electron chi connectivity index (χ3n) is 7.50. The maximum atomic E-state index is 12.4. The van der Waals surface area contributed by atoms with Crippen LogP contribution in [0, 0.1) is 11.8 Å². The molecule has 5 rings (SSSR count). The second kappa shape index (κ2) is 4.82. The molecule has 7 nitrogen and oxygen atoms in total. The summed E-state index contributed by atoms with van der Waals surface area (Å²) in [6.45, 7) is 10.9. The first-order valence-corrected chi connectivity index (χ1v) is 9.41. The number of hydrogen-bond donors (Lipinski definition) is 1. The molecule has 9 atom stereocenters. The number of fused-ring (bicyclic) bond motifs is 5. The quantitative estimate of drug-likeness (QED) is 0.437. The largest absolute Gasteiger partial charge is 0.458 e. The van der Waals surface area contributed by atoms with E-state index in [1.165, 1.54) is 0 Å². The minimum Gasteiger partial charge on any atom is -0.458 e. The van der Waals surface area contributed by atoms with Gasteiger partial charge in [0.05, 0.1) is 5.92 Å². The first-order chi connectivity index (χ1) is 12.6. The van der Waals surface area contributed by atoms with Crippen LogP contribution in [0.3, 0.4) is 0 Å². The molecule has 5 aliphatic rings.